The Balaban J connectivity index is 2.13. The van der Waals surface area contributed by atoms with Crippen LogP contribution in [0.3, 0.4) is 0 Å². The average molecular weight is 303 g/mol. The predicted molar refractivity (Wildman–Crippen MR) is 91.3 cm³/mol. The summed E-state index contributed by atoms with van der Waals surface area (Å²) in [5, 5.41) is 1.12. The minimum absolute atomic E-state index is 0.732. The zero-order valence-electron chi connectivity index (χ0n) is 13.8. The first-order chi connectivity index (χ1) is 11.0. The number of benzene rings is 1. The third-order valence-electron chi connectivity index (χ3n) is 4.55. The van der Waals surface area contributed by atoms with Crippen LogP contribution in [0.1, 0.15) is 16.7 Å². The molecule has 0 atom stereocenters. The maximum atomic E-state index is 4.81. The number of aromatic nitrogens is 4. The van der Waals surface area contributed by atoms with E-state index < -0.39 is 0 Å². The van der Waals surface area contributed by atoms with Crippen molar-refractivity contribution >= 4 is 16.7 Å². The van der Waals surface area contributed by atoms with Crippen LogP contribution in [0.5, 0.6) is 0 Å². The highest BCUT2D eigenvalue weighted by Gasteiger charge is 2.19. The highest BCUT2D eigenvalue weighted by atomic mass is 15.1. The van der Waals surface area contributed by atoms with Crippen LogP contribution < -0.4 is 4.57 Å². The van der Waals surface area contributed by atoms with E-state index in [9.17, 15) is 0 Å². The van der Waals surface area contributed by atoms with Crippen molar-refractivity contribution < 1.29 is 4.57 Å². The van der Waals surface area contributed by atoms with Crippen molar-refractivity contribution in [1.82, 2.24) is 14.4 Å². The van der Waals surface area contributed by atoms with Gasteiger partial charge in [-0.25, -0.2) is 14.5 Å². The summed E-state index contributed by atoms with van der Waals surface area (Å²) in [6, 6.07) is 6.54. The summed E-state index contributed by atoms with van der Waals surface area (Å²) in [6.07, 6.45) is 7.98. The predicted octanol–water partition coefficient (Wildman–Crippen LogP) is 3.30. The first-order valence-corrected chi connectivity index (χ1v) is 7.75. The van der Waals surface area contributed by atoms with E-state index in [1.807, 2.05) is 10.6 Å². The van der Waals surface area contributed by atoms with Crippen LogP contribution in [0, 0.1) is 20.8 Å². The van der Waals surface area contributed by atoms with Crippen LogP contribution in [0.4, 0.5) is 0 Å². The zero-order valence-corrected chi connectivity index (χ0v) is 13.8. The number of hydrogen-bond acceptors (Lipinski definition) is 2. The van der Waals surface area contributed by atoms with E-state index in [4.69, 9.17) is 4.98 Å². The van der Waals surface area contributed by atoms with E-state index in [0.717, 1.165) is 16.7 Å². The molecule has 3 aromatic heterocycles. The van der Waals surface area contributed by atoms with Crippen molar-refractivity contribution in [3.63, 3.8) is 0 Å². The van der Waals surface area contributed by atoms with Crippen molar-refractivity contribution in [3.8, 4) is 11.3 Å². The standard InChI is InChI=1S/C19H19N4/c1-12-5-6-15-11-23-8-7-20-19(23)21-18(15)17(12)16-9-13(2)14(3)10-22(16)4/h5-11H,1-4H3/q+1. The molecule has 0 bridgehead atoms. The molecular formula is C19H19N4+. The lowest BCUT2D eigenvalue weighted by molar-refractivity contribution is -0.660. The van der Waals surface area contributed by atoms with E-state index in [2.05, 4.69) is 68.0 Å². The lowest BCUT2D eigenvalue weighted by Gasteiger charge is -2.10. The lowest BCUT2D eigenvalue weighted by atomic mass is 9.99. The fourth-order valence-corrected chi connectivity index (χ4v) is 3.13. The summed E-state index contributed by atoms with van der Waals surface area (Å²) in [5.41, 5.74) is 7.16. The highest BCUT2D eigenvalue weighted by Crippen LogP contribution is 2.29. The van der Waals surface area contributed by atoms with Crippen molar-refractivity contribution in [2.75, 3.05) is 0 Å². The minimum atomic E-state index is 0.732. The molecule has 114 valence electrons. The number of hydrogen-bond donors (Lipinski definition) is 0. The number of pyridine rings is 1. The normalized spacial score (nSPS) is 11.5. The van der Waals surface area contributed by atoms with Crippen LogP contribution >= 0.6 is 0 Å². The largest absolute Gasteiger partial charge is 0.291 e. The second-order valence-corrected chi connectivity index (χ2v) is 6.21. The molecule has 0 saturated carbocycles. The van der Waals surface area contributed by atoms with Gasteiger partial charge in [0.15, 0.2) is 6.20 Å². The molecule has 0 aliphatic heterocycles. The molecule has 0 N–H and O–H groups in total. The molecule has 23 heavy (non-hydrogen) atoms. The highest BCUT2D eigenvalue weighted by molar-refractivity contribution is 5.94. The molecule has 0 aliphatic rings. The van der Waals surface area contributed by atoms with Crippen LogP contribution in [0.15, 0.2) is 43.0 Å². The van der Waals surface area contributed by atoms with Gasteiger partial charge in [-0.05, 0) is 31.9 Å². The number of rotatable bonds is 1. The summed E-state index contributed by atoms with van der Waals surface area (Å²) in [6.45, 7) is 6.43. The molecule has 4 nitrogen and oxygen atoms in total. The van der Waals surface area contributed by atoms with Crippen molar-refractivity contribution in [2.45, 2.75) is 20.8 Å². The molecule has 4 aromatic rings. The van der Waals surface area contributed by atoms with Gasteiger partial charge in [0.1, 0.15) is 7.05 Å². The number of aryl methyl sites for hydroxylation is 4. The fourth-order valence-electron chi connectivity index (χ4n) is 3.13. The Hall–Kier alpha value is -2.75. The van der Waals surface area contributed by atoms with Gasteiger partial charge in [0.05, 0.1) is 11.1 Å². The first kappa shape index (κ1) is 13.9. The molecule has 4 heteroatoms. The maximum absolute atomic E-state index is 4.81. The smallest absolute Gasteiger partial charge is 0.234 e. The van der Waals surface area contributed by atoms with Crippen molar-refractivity contribution in [2.24, 2.45) is 7.05 Å². The molecule has 0 fully saturated rings. The second kappa shape index (κ2) is 4.88. The van der Waals surface area contributed by atoms with Gasteiger partial charge in [-0.2, -0.15) is 0 Å². The van der Waals surface area contributed by atoms with Gasteiger partial charge in [0, 0.05) is 35.6 Å². The van der Waals surface area contributed by atoms with Gasteiger partial charge in [0.2, 0.25) is 11.5 Å². The summed E-state index contributed by atoms with van der Waals surface area (Å²) in [5.74, 6) is 0.732. The lowest BCUT2D eigenvalue weighted by Crippen LogP contribution is -2.31. The number of fused-ring (bicyclic) bond motifs is 2. The van der Waals surface area contributed by atoms with Gasteiger partial charge in [-0.3, -0.25) is 4.40 Å². The number of nitrogens with zero attached hydrogens (tertiary/aromatic N) is 4. The van der Waals surface area contributed by atoms with Crippen molar-refractivity contribution in [3.05, 3.63) is 59.7 Å². The van der Waals surface area contributed by atoms with Gasteiger partial charge >= 0.3 is 0 Å². The Kier molecular flexibility index (Phi) is 2.94. The Morgan fingerprint density at radius 2 is 1.87 bits per heavy atom. The SMILES string of the molecule is Cc1cc(-c2c(C)ccc3cn4ccnc4nc23)[n+](C)cc1C. The van der Waals surface area contributed by atoms with Crippen LogP contribution in [0.25, 0.3) is 27.9 Å². The molecule has 0 aliphatic carbocycles. The Morgan fingerprint density at radius 1 is 1.04 bits per heavy atom. The maximum Gasteiger partial charge on any atom is 0.234 e. The fraction of sp³-hybridized carbons (Fsp3) is 0.211. The Labute approximate surface area is 135 Å². The second-order valence-electron chi connectivity index (χ2n) is 6.21. The average Bonchev–Trinajstić information content (AvgIpc) is 2.97. The first-order valence-electron chi connectivity index (χ1n) is 7.75. The van der Waals surface area contributed by atoms with E-state index >= 15 is 0 Å². The third-order valence-corrected chi connectivity index (χ3v) is 4.55. The van der Waals surface area contributed by atoms with Gasteiger partial charge in [-0.1, -0.05) is 12.1 Å². The quantitative estimate of drug-likeness (QED) is 0.506. The Morgan fingerprint density at radius 3 is 2.70 bits per heavy atom. The van der Waals surface area contributed by atoms with E-state index in [1.54, 1.807) is 6.20 Å². The molecule has 0 unspecified atom stereocenters. The summed E-state index contributed by atoms with van der Waals surface area (Å²) in [7, 11) is 2.09. The molecule has 3 heterocycles. The van der Waals surface area contributed by atoms with E-state index in [-0.39, 0.29) is 0 Å². The third kappa shape index (κ3) is 2.10. The molecule has 0 amide bonds. The van der Waals surface area contributed by atoms with Gasteiger partial charge in [0.25, 0.3) is 0 Å². The molecular weight excluding hydrogens is 284 g/mol. The van der Waals surface area contributed by atoms with E-state index in [1.165, 1.54) is 27.9 Å². The summed E-state index contributed by atoms with van der Waals surface area (Å²) in [4.78, 5) is 9.14. The van der Waals surface area contributed by atoms with Crippen LogP contribution in [-0.2, 0) is 7.05 Å². The zero-order chi connectivity index (χ0) is 16.1. The summed E-state index contributed by atoms with van der Waals surface area (Å²) < 4.78 is 4.14. The summed E-state index contributed by atoms with van der Waals surface area (Å²) >= 11 is 0. The topological polar surface area (TPSA) is 34.1 Å². The molecule has 0 radical (unpaired) electrons. The monoisotopic (exact) mass is 303 g/mol. The molecule has 4 rings (SSSR count). The Bertz CT molecular complexity index is 1060. The van der Waals surface area contributed by atoms with Gasteiger partial charge in [-0.15, -0.1) is 0 Å². The van der Waals surface area contributed by atoms with E-state index in [0.29, 0.717) is 0 Å². The molecule has 0 spiro atoms. The minimum Gasteiger partial charge on any atom is -0.291 e. The number of imidazole rings is 1. The van der Waals surface area contributed by atoms with Gasteiger partial charge < -0.3 is 0 Å². The molecule has 1 aromatic carbocycles. The molecule has 0 saturated heterocycles. The van der Waals surface area contributed by atoms with Crippen molar-refractivity contribution in [1.29, 1.82) is 0 Å². The van der Waals surface area contributed by atoms with Crippen LogP contribution in [0.2, 0.25) is 0 Å². The van der Waals surface area contributed by atoms with Crippen LogP contribution in [-0.4, -0.2) is 14.4 Å².